The lowest BCUT2D eigenvalue weighted by Gasteiger charge is -2.11. The van der Waals surface area contributed by atoms with Crippen molar-refractivity contribution in [1.29, 1.82) is 0 Å². The third-order valence-corrected chi connectivity index (χ3v) is 11.9. The second-order valence-corrected chi connectivity index (χ2v) is 14.0. The number of para-hydroxylation sites is 2. The fourth-order valence-electron chi connectivity index (χ4n) is 7.56. The average molecular weight is 622 g/mol. The maximum absolute atomic E-state index is 5.66. The van der Waals surface area contributed by atoms with E-state index in [-0.39, 0.29) is 0 Å². The molecule has 0 fully saturated rings. The first-order valence-corrected chi connectivity index (χ1v) is 17.1. The van der Waals surface area contributed by atoms with Gasteiger partial charge in [0.2, 0.25) is 0 Å². The summed E-state index contributed by atoms with van der Waals surface area (Å²) in [6.07, 6.45) is 0. The Kier molecular flexibility index (Phi) is 4.87. The second-order valence-electron chi connectivity index (χ2n) is 11.9. The predicted molar refractivity (Wildman–Crippen MR) is 199 cm³/mol. The van der Waals surface area contributed by atoms with E-state index in [0.717, 1.165) is 11.3 Å². The van der Waals surface area contributed by atoms with E-state index in [9.17, 15) is 0 Å². The summed E-state index contributed by atoms with van der Waals surface area (Å²) in [5.74, 6) is 0. The van der Waals surface area contributed by atoms with Crippen molar-refractivity contribution in [3.63, 3.8) is 0 Å². The van der Waals surface area contributed by atoms with Crippen molar-refractivity contribution in [3.8, 4) is 11.4 Å². The molecule has 0 unspecified atom stereocenters. The Labute approximate surface area is 270 Å². The Balaban J connectivity index is 1.31. The van der Waals surface area contributed by atoms with Crippen LogP contribution in [0.15, 0.2) is 140 Å². The average Bonchev–Trinajstić information content (AvgIpc) is 3.85. The number of fused-ring (bicyclic) bond motifs is 12. The van der Waals surface area contributed by atoms with Crippen LogP contribution in [0.2, 0.25) is 0 Å². The molecule has 0 N–H and O–H groups in total. The van der Waals surface area contributed by atoms with Crippen LogP contribution in [0.5, 0.6) is 0 Å². The topological polar surface area (TPSA) is 22.8 Å². The normalized spacial score (nSPS) is 12.3. The molecule has 5 aromatic heterocycles. The number of thiophene rings is 2. The molecule has 0 radical (unpaired) electrons. The molecule has 6 aromatic carbocycles. The number of hydrogen-bond donors (Lipinski definition) is 0. The third-order valence-electron chi connectivity index (χ3n) is 9.52. The number of hydrogen-bond acceptors (Lipinski definition) is 3. The van der Waals surface area contributed by atoms with Gasteiger partial charge in [-0.3, -0.25) is 9.13 Å². The SMILES string of the molecule is c1ccc2c(c1)sc1c(-n3c4ccccc4c4cc5c6ccccc6n(-c6cccc7c6sc6ccccc67)c5nc43)cccc12. The molecule has 0 saturated carbocycles. The highest BCUT2D eigenvalue weighted by Gasteiger charge is 2.22. The van der Waals surface area contributed by atoms with Crippen LogP contribution < -0.4 is 0 Å². The molecule has 0 spiro atoms. The number of benzene rings is 6. The van der Waals surface area contributed by atoms with E-state index >= 15 is 0 Å². The molecule has 0 aliphatic carbocycles. The summed E-state index contributed by atoms with van der Waals surface area (Å²) in [6, 6.07) is 50.7. The molecule has 0 atom stereocenters. The predicted octanol–water partition coefficient (Wildman–Crippen LogP) is 12.0. The van der Waals surface area contributed by atoms with E-state index in [1.807, 2.05) is 22.7 Å². The summed E-state index contributed by atoms with van der Waals surface area (Å²) >= 11 is 3.72. The molecular formula is C41H23N3S2. The molecule has 214 valence electrons. The van der Waals surface area contributed by atoms with Crippen LogP contribution >= 0.6 is 22.7 Å². The smallest absolute Gasteiger partial charge is 0.148 e. The summed E-state index contributed by atoms with van der Waals surface area (Å²) in [5.41, 5.74) is 6.64. The maximum atomic E-state index is 5.66. The largest absolute Gasteiger partial charge is 0.292 e. The fraction of sp³-hybridized carbons (Fsp3) is 0. The van der Waals surface area contributed by atoms with Gasteiger partial charge in [0, 0.05) is 52.5 Å². The van der Waals surface area contributed by atoms with E-state index in [2.05, 4.69) is 149 Å². The van der Waals surface area contributed by atoms with Crippen molar-refractivity contribution in [3.05, 3.63) is 140 Å². The molecule has 5 heterocycles. The highest BCUT2D eigenvalue weighted by atomic mass is 32.1. The molecule has 0 amide bonds. The molecule has 11 rings (SSSR count). The van der Waals surface area contributed by atoms with Crippen LogP contribution in [0.3, 0.4) is 0 Å². The summed E-state index contributed by atoms with van der Waals surface area (Å²) in [5, 5.41) is 9.95. The summed E-state index contributed by atoms with van der Waals surface area (Å²) in [4.78, 5) is 5.66. The first kappa shape index (κ1) is 24.8. The van der Waals surface area contributed by atoms with Gasteiger partial charge in [-0.2, -0.15) is 0 Å². The minimum absolute atomic E-state index is 0.978. The first-order chi connectivity index (χ1) is 22.8. The van der Waals surface area contributed by atoms with Crippen LogP contribution in [-0.2, 0) is 0 Å². The molecule has 5 heteroatoms. The lowest BCUT2D eigenvalue weighted by Crippen LogP contribution is -1.99. The Morgan fingerprint density at radius 1 is 0.370 bits per heavy atom. The highest BCUT2D eigenvalue weighted by molar-refractivity contribution is 7.26. The lowest BCUT2D eigenvalue weighted by molar-refractivity contribution is 1.12. The van der Waals surface area contributed by atoms with E-state index in [0.29, 0.717) is 0 Å². The zero-order valence-electron chi connectivity index (χ0n) is 24.4. The molecule has 3 nitrogen and oxygen atoms in total. The summed E-state index contributed by atoms with van der Waals surface area (Å²) < 4.78 is 9.95. The van der Waals surface area contributed by atoms with E-state index in [1.54, 1.807) is 0 Å². The summed E-state index contributed by atoms with van der Waals surface area (Å²) in [7, 11) is 0. The van der Waals surface area contributed by atoms with Gasteiger partial charge in [-0.1, -0.05) is 97.1 Å². The van der Waals surface area contributed by atoms with Crippen LogP contribution in [-0.4, -0.2) is 14.1 Å². The Morgan fingerprint density at radius 2 is 0.783 bits per heavy atom. The zero-order chi connectivity index (χ0) is 29.9. The molecular weight excluding hydrogens is 599 g/mol. The van der Waals surface area contributed by atoms with Gasteiger partial charge in [0.05, 0.1) is 31.8 Å². The van der Waals surface area contributed by atoms with E-state index in [4.69, 9.17) is 4.98 Å². The number of nitrogens with zero attached hydrogens (tertiary/aromatic N) is 3. The third kappa shape index (κ3) is 3.18. The molecule has 46 heavy (non-hydrogen) atoms. The van der Waals surface area contributed by atoms with Crippen molar-refractivity contribution in [2.45, 2.75) is 0 Å². The highest BCUT2D eigenvalue weighted by Crippen LogP contribution is 2.44. The Hall–Kier alpha value is -5.49. The van der Waals surface area contributed by atoms with Crippen LogP contribution in [0.4, 0.5) is 0 Å². The van der Waals surface area contributed by atoms with Crippen LogP contribution in [0.25, 0.3) is 95.6 Å². The monoisotopic (exact) mass is 621 g/mol. The zero-order valence-corrected chi connectivity index (χ0v) is 26.1. The maximum Gasteiger partial charge on any atom is 0.148 e. The second kappa shape index (κ2) is 9.04. The van der Waals surface area contributed by atoms with Crippen LogP contribution in [0.1, 0.15) is 0 Å². The van der Waals surface area contributed by atoms with Gasteiger partial charge >= 0.3 is 0 Å². The minimum Gasteiger partial charge on any atom is -0.292 e. The van der Waals surface area contributed by atoms with E-state index < -0.39 is 0 Å². The minimum atomic E-state index is 0.978. The molecule has 0 saturated heterocycles. The summed E-state index contributed by atoms with van der Waals surface area (Å²) in [6.45, 7) is 0. The number of rotatable bonds is 2. The number of pyridine rings is 1. The van der Waals surface area contributed by atoms with Crippen molar-refractivity contribution in [2.24, 2.45) is 0 Å². The van der Waals surface area contributed by atoms with Crippen LogP contribution in [0, 0.1) is 0 Å². The molecule has 11 aromatic rings. The Bertz CT molecular complexity index is 2840. The van der Waals surface area contributed by atoms with Gasteiger partial charge in [-0.15, -0.1) is 22.7 Å². The standard InChI is InChI=1S/C41H23N3S2/c1-5-17-32-24(11-1)30-23-31-25-12-2-6-18-33(25)44(35-20-10-16-29-27-14-4-8-22-37(27)46-39(29)35)41(31)42-40(30)43(32)34-19-9-15-28-26-13-3-7-21-36(26)45-38(28)34/h1-23H. The van der Waals surface area contributed by atoms with Crippen molar-refractivity contribution >= 4 is 107 Å². The molecule has 0 aliphatic rings. The first-order valence-electron chi connectivity index (χ1n) is 15.5. The Morgan fingerprint density at radius 3 is 1.28 bits per heavy atom. The van der Waals surface area contributed by atoms with Gasteiger partial charge < -0.3 is 0 Å². The van der Waals surface area contributed by atoms with Gasteiger partial charge in [0.15, 0.2) is 0 Å². The van der Waals surface area contributed by atoms with Gasteiger partial charge in [0.25, 0.3) is 0 Å². The quantitative estimate of drug-likeness (QED) is 0.188. The van der Waals surface area contributed by atoms with Gasteiger partial charge in [-0.05, 0) is 42.5 Å². The van der Waals surface area contributed by atoms with Crippen molar-refractivity contribution < 1.29 is 0 Å². The number of aromatic nitrogens is 3. The van der Waals surface area contributed by atoms with E-state index in [1.165, 1.54) is 84.3 Å². The lowest BCUT2D eigenvalue weighted by atomic mass is 10.1. The molecule has 0 bridgehead atoms. The molecule has 0 aliphatic heterocycles. The van der Waals surface area contributed by atoms with Crippen molar-refractivity contribution in [2.75, 3.05) is 0 Å². The van der Waals surface area contributed by atoms with Gasteiger partial charge in [0.1, 0.15) is 11.3 Å². The van der Waals surface area contributed by atoms with Gasteiger partial charge in [-0.25, -0.2) is 4.98 Å². The van der Waals surface area contributed by atoms with Crippen molar-refractivity contribution in [1.82, 2.24) is 14.1 Å². The fourth-order valence-corrected chi connectivity index (χ4v) is 9.97.